The first kappa shape index (κ1) is 19.9. The first-order valence-corrected chi connectivity index (χ1v) is 10.0. The van der Waals surface area contributed by atoms with Gasteiger partial charge in [-0.15, -0.1) is 0 Å². The van der Waals surface area contributed by atoms with Gasteiger partial charge in [-0.3, -0.25) is 4.79 Å². The third-order valence-corrected chi connectivity index (χ3v) is 5.03. The lowest BCUT2D eigenvalue weighted by atomic mass is 10.2. The van der Waals surface area contributed by atoms with Crippen molar-refractivity contribution in [3.63, 3.8) is 0 Å². The van der Waals surface area contributed by atoms with E-state index in [0.29, 0.717) is 23.8 Å². The number of aromatic nitrogens is 3. The number of hydrogen-bond donors (Lipinski definition) is 1. The van der Waals surface area contributed by atoms with Crippen LogP contribution in [0.2, 0.25) is 5.02 Å². The molecule has 0 fully saturated rings. The summed E-state index contributed by atoms with van der Waals surface area (Å²) in [5, 5.41) is 8.04. The van der Waals surface area contributed by atoms with Gasteiger partial charge in [0.2, 0.25) is 0 Å². The minimum atomic E-state index is -0.233. The molecule has 7 heteroatoms. The molecule has 4 rings (SSSR count). The van der Waals surface area contributed by atoms with Crippen LogP contribution in [0.4, 0.5) is 5.82 Å². The Hall–Kier alpha value is -3.38. The first-order chi connectivity index (χ1) is 14.5. The standard InChI is InChI=1S/C23H22ClN5O/c1-16-14-29-21(22(26-16)28(2)15-18-6-4-3-5-7-18)12-20(27-29)23(30)25-13-17-8-10-19(24)11-9-17/h3-12,14H,13,15H2,1-2H3,(H,25,30). The van der Waals surface area contributed by atoms with Gasteiger partial charge in [0.05, 0.1) is 11.9 Å². The van der Waals surface area contributed by atoms with Crippen LogP contribution in [0.25, 0.3) is 5.52 Å². The summed E-state index contributed by atoms with van der Waals surface area (Å²) in [6, 6.07) is 19.3. The van der Waals surface area contributed by atoms with Gasteiger partial charge in [-0.25, -0.2) is 9.50 Å². The third kappa shape index (κ3) is 4.44. The Labute approximate surface area is 180 Å². The predicted octanol–water partition coefficient (Wildman–Crippen LogP) is 4.26. The monoisotopic (exact) mass is 419 g/mol. The Kier molecular flexibility index (Phi) is 5.68. The summed E-state index contributed by atoms with van der Waals surface area (Å²) in [5.74, 6) is 0.547. The molecule has 0 bridgehead atoms. The fraction of sp³-hybridized carbons (Fsp3) is 0.174. The number of rotatable bonds is 6. The molecular formula is C23H22ClN5O. The second-order valence-electron chi connectivity index (χ2n) is 7.22. The average molecular weight is 420 g/mol. The maximum absolute atomic E-state index is 12.7. The van der Waals surface area contributed by atoms with Crippen molar-refractivity contribution in [2.24, 2.45) is 0 Å². The molecule has 0 unspecified atom stereocenters. The van der Waals surface area contributed by atoms with Crippen LogP contribution in [0.15, 0.2) is 66.9 Å². The lowest BCUT2D eigenvalue weighted by Crippen LogP contribution is -2.23. The van der Waals surface area contributed by atoms with Gasteiger partial charge in [0, 0.05) is 31.2 Å². The van der Waals surface area contributed by atoms with E-state index >= 15 is 0 Å². The van der Waals surface area contributed by atoms with Gasteiger partial charge in [0.1, 0.15) is 5.52 Å². The van der Waals surface area contributed by atoms with Crippen LogP contribution in [-0.2, 0) is 13.1 Å². The molecule has 1 N–H and O–H groups in total. The molecule has 2 aromatic carbocycles. The molecule has 30 heavy (non-hydrogen) atoms. The van der Waals surface area contributed by atoms with Crippen molar-refractivity contribution < 1.29 is 4.79 Å². The molecule has 2 aromatic heterocycles. The minimum Gasteiger partial charge on any atom is -0.354 e. The van der Waals surface area contributed by atoms with Gasteiger partial charge in [-0.1, -0.05) is 54.1 Å². The van der Waals surface area contributed by atoms with Crippen LogP contribution in [-0.4, -0.2) is 27.6 Å². The molecule has 0 aliphatic heterocycles. The number of halogens is 1. The quantitative estimate of drug-likeness (QED) is 0.507. The van der Waals surface area contributed by atoms with Crippen LogP contribution in [0.3, 0.4) is 0 Å². The summed E-state index contributed by atoms with van der Waals surface area (Å²) in [4.78, 5) is 19.4. The molecule has 0 saturated carbocycles. The Balaban J connectivity index is 1.56. The molecule has 0 aliphatic rings. The summed E-state index contributed by atoms with van der Waals surface area (Å²) in [7, 11) is 1.99. The highest BCUT2D eigenvalue weighted by Crippen LogP contribution is 2.22. The van der Waals surface area contributed by atoms with Crippen molar-refractivity contribution in [1.82, 2.24) is 19.9 Å². The second kappa shape index (κ2) is 8.55. The number of benzene rings is 2. The van der Waals surface area contributed by atoms with Gasteiger partial charge < -0.3 is 10.2 Å². The fourth-order valence-electron chi connectivity index (χ4n) is 3.29. The number of fused-ring (bicyclic) bond motifs is 1. The summed E-state index contributed by atoms with van der Waals surface area (Å²) in [5.41, 5.74) is 4.12. The Bertz CT molecular complexity index is 1170. The largest absolute Gasteiger partial charge is 0.354 e. The summed E-state index contributed by atoms with van der Waals surface area (Å²) in [6.45, 7) is 3.03. The van der Waals surface area contributed by atoms with Crippen LogP contribution in [0, 0.1) is 6.92 Å². The van der Waals surface area contributed by atoms with Gasteiger partial charge in [-0.05, 0) is 30.2 Å². The lowest BCUT2D eigenvalue weighted by molar-refractivity contribution is 0.0945. The van der Waals surface area contributed by atoms with Crippen LogP contribution in [0.5, 0.6) is 0 Å². The maximum atomic E-state index is 12.7. The fourth-order valence-corrected chi connectivity index (χ4v) is 3.42. The number of anilines is 1. The zero-order valence-electron chi connectivity index (χ0n) is 16.8. The van der Waals surface area contributed by atoms with E-state index in [1.165, 1.54) is 5.56 Å². The topological polar surface area (TPSA) is 62.5 Å². The molecule has 1 amide bonds. The van der Waals surface area contributed by atoms with E-state index in [9.17, 15) is 4.79 Å². The zero-order chi connectivity index (χ0) is 21.1. The second-order valence-corrected chi connectivity index (χ2v) is 7.65. The average Bonchev–Trinajstić information content (AvgIpc) is 3.17. The van der Waals surface area contributed by atoms with E-state index in [1.54, 1.807) is 22.7 Å². The molecule has 0 spiro atoms. The minimum absolute atomic E-state index is 0.233. The highest BCUT2D eigenvalue weighted by molar-refractivity contribution is 6.30. The number of nitrogens with zero attached hydrogens (tertiary/aromatic N) is 4. The molecule has 0 radical (unpaired) electrons. The van der Waals surface area contributed by atoms with Crippen LogP contribution in [0.1, 0.15) is 27.3 Å². The molecular weight excluding hydrogens is 398 g/mol. The first-order valence-electron chi connectivity index (χ1n) is 9.64. The molecule has 0 atom stereocenters. The van der Waals surface area contributed by atoms with E-state index in [-0.39, 0.29) is 5.91 Å². The molecule has 0 aliphatic carbocycles. The van der Waals surface area contributed by atoms with Crippen molar-refractivity contribution in [2.45, 2.75) is 20.0 Å². The molecule has 0 saturated heterocycles. The molecule has 2 heterocycles. The van der Waals surface area contributed by atoms with Crippen molar-refractivity contribution in [2.75, 3.05) is 11.9 Å². The lowest BCUT2D eigenvalue weighted by Gasteiger charge is -2.19. The number of carbonyl (C=O) groups is 1. The smallest absolute Gasteiger partial charge is 0.272 e. The van der Waals surface area contributed by atoms with E-state index < -0.39 is 0 Å². The van der Waals surface area contributed by atoms with Gasteiger partial charge in [-0.2, -0.15) is 5.10 Å². The summed E-state index contributed by atoms with van der Waals surface area (Å²) in [6.07, 6.45) is 1.82. The van der Waals surface area contributed by atoms with Crippen molar-refractivity contribution >= 4 is 28.8 Å². The Morgan fingerprint density at radius 2 is 1.83 bits per heavy atom. The van der Waals surface area contributed by atoms with Gasteiger partial charge >= 0.3 is 0 Å². The van der Waals surface area contributed by atoms with Crippen LogP contribution < -0.4 is 10.2 Å². The SMILES string of the molecule is Cc1cn2nc(C(=O)NCc3ccc(Cl)cc3)cc2c(N(C)Cc2ccccc2)n1. The number of carbonyl (C=O) groups excluding carboxylic acids is 1. The van der Waals surface area contributed by atoms with Crippen LogP contribution >= 0.6 is 11.6 Å². The molecule has 4 aromatic rings. The van der Waals surface area contributed by atoms with E-state index in [2.05, 4.69) is 27.4 Å². The zero-order valence-corrected chi connectivity index (χ0v) is 17.6. The Morgan fingerprint density at radius 1 is 1.10 bits per heavy atom. The van der Waals surface area contributed by atoms with Crippen molar-refractivity contribution in [3.8, 4) is 0 Å². The van der Waals surface area contributed by atoms with E-state index in [0.717, 1.165) is 22.6 Å². The molecule has 152 valence electrons. The van der Waals surface area contributed by atoms with E-state index in [4.69, 9.17) is 16.6 Å². The highest BCUT2D eigenvalue weighted by Gasteiger charge is 2.16. The summed E-state index contributed by atoms with van der Waals surface area (Å²) >= 11 is 5.91. The summed E-state index contributed by atoms with van der Waals surface area (Å²) < 4.78 is 1.72. The van der Waals surface area contributed by atoms with Gasteiger partial charge in [0.15, 0.2) is 11.5 Å². The third-order valence-electron chi connectivity index (χ3n) is 4.78. The van der Waals surface area contributed by atoms with Crippen molar-refractivity contribution in [1.29, 1.82) is 0 Å². The number of aryl methyl sites for hydroxylation is 1. The molecule has 6 nitrogen and oxygen atoms in total. The highest BCUT2D eigenvalue weighted by atomic mass is 35.5. The van der Waals surface area contributed by atoms with E-state index in [1.807, 2.05) is 50.5 Å². The number of amides is 1. The Morgan fingerprint density at radius 3 is 2.57 bits per heavy atom. The van der Waals surface area contributed by atoms with Gasteiger partial charge in [0.25, 0.3) is 5.91 Å². The number of nitrogens with one attached hydrogen (secondary N) is 1. The predicted molar refractivity (Wildman–Crippen MR) is 119 cm³/mol. The maximum Gasteiger partial charge on any atom is 0.272 e. The normalized spacial score (nSPS) is 10.9. The van der Waals surface area contributed by atoms with Crippen molar-refractivity contribution in [3.05, 3.63) is 94.4 Å². The number of hydrogen-bond acceptors (Lipinski definition) is 4.